The maximum absolute atomic E-state index is 11.9. The Morgan fingerprint density at radius 3 is 2.64 bits per heavy atom. The van der Waals surface area contributed by atoms with Crippen LogP contribution < -0.4 is 10.6 Å². The third-order valence-electron chi connectivity index (χ3n) is 5.20. The number of rotatable bonds is 5. The smallest absolute Gasteiger partial charge is 0.249 e. The molecule has 1 unspecified atom stereocenters. The Bertz CT molecular complexity index is 624. The van der Waals surface area contributed by atoms with Crippen LogP contribution in [-0.4, -0.2) is 60.9 Å². The van der Waals surface area contributed by atoms with Gasteiger partial charge in [0.05, 0.1) is 0 Å². The summed E-state index contributed by atoms with van der Waals surface area (Å²) in [6.45, 7) is 3.17. The second-order valence-electron chi connectivity index (χ2n) is 7.32. The van der Waals surface area contributed by atoms with Crippen LogP contribution >= 0.6 is 0 Å². The highest BCUT2D eigenvalue weighted by Crippen LogP contribution is 2.19. The Balaban J connectivity index is 1.55. The number of likely N-dealkylation sites (tertiary alicyclic amines) is 1. The van der Waals surface area contributed by atoms with Crippen LogP contribution in [0.3, 0.4) is 0 Å². The van der Waals surface area contributed by atoms with Gasteiger partial charge in [-0.1, -0.05) is 12.1 Å². The van der Waals surface area contributed by atoms with Crippen molar-refractivity contribution in [1.29, 1.82) is 0 Å². The van der Waals surface area contributed by atoms with Gasteiger partial charge in [-0.05, 0) is 64.1 Å². The summed E-state index contributed by atoms with van der Waals surface area (Å²) in [6, 6.07) is 8.61. The Hall–Kier alpha value is -1.92. The van der Waals surface area contributed by atoms with Crippen molar-refractivity contribution in [2.45, 2.75) is 44.3 Å². The van der Waals surface area contributed by atoms with Crippen LogP contribution in [0, 0.1) is 0 Å². The minimum atomic E-state index is -0.330. The Labute approximate surface area is 149 Å². The van der Waals surface area contributed by atoms with Crippen molar-refractivity contribution >= 4 is 17.5 Å². The molecule has 3 rings (SSSR count). The number of carbonyl (C=O) groups is 2. The van der Waals surface area contributed by atoms with E-state index < -0.39 is 0 Å². The van der Waals surface area contributed by atoms with Crippen LogP contribution in [0.15, 0.2) is 24.3 Å². The van der Waals surface area contributed by atoms with Gasteiger partial charge in [-0.2, -0.15) is 0 Å². The van der Waals surface area contributed by atoms with Gasteiger partial charge in [0.25, 0.3) is 0 Å². The molecule has 6 nitrogen and oxygen atoms in total. The second kappa shape index (κ2) is 7.97. The van der Waals surface area contributed by atoms with E-state index in [9.17, 15) is 9.59 Å². The number of nitrogens with zero attached hydrogens (tertiary/aromatic N) is 2. The van der Waals surface area contributed by atoms with E-state index in [4.69, 9.17) is 0 Å². The predicted molar refractivity (Wildman–Crippen MR) is 98.2 cm³/mol. The molecule has 2 heterocycles. The van der Waals surface area contributed by atoms with Gasteiger partial charge >= 0.3 is 0 Å². The Morgan fingerprint density at radius 2 is 1.96 bits per heavy atom. The normalized spacial score (nSPS) is 22.9. The summed E-state index contributed by atoms with van der Waals surface area (Å²) in [7, 11) is 4.31. The lowest BCUT2D eigenvalue weighted by molar-refractivity contribution is -0.133. The lowest BCUT2D eigenvalue weighted by Gasteiger charge is -2.35. The zero-order chi connectivity index (χ0) is 17.8. The first-order valence-corrected chi connectivity index (χ1v) is 9.09. The van der Waals surface area contributed by atoms with Crippen molar-refractivity contribution in [2.75, 3.05) is 32.5 Å². The summed E-state index contributed by atoms with van der Waals surface area (Å²) >= 11 is 0. The first-order chi connectivity index (χ1) is 12.0. The highest BCUT2D eigenvalue weighted by atomic mass is 16.2. The van der Waals surface area contributed by atoms with Crippen molar-refractivity contribution in [2.24, 2.45) is 0 Å². The van der Waals surface area contributed by atoms with Gasteiger partial charge in [0.1, 0.15) is 6.04 Å². The summed E-state index contributed by atoms with van der Waals surface area (Å²) in [4.78, 5) is 27.9. The Kier molecular flexibility index (Phi) is 5.71. The van der Waals surface area contributed by atoms with Crippen molar-refractivity contribution in [3.8, 4) is 0 Å². The molecule has 2 aliphatic rings. The number of nitrogens with one attached hydrogen (secondary N) is 2. The van der Waals surface area contributed by atoms with Crippen LogP contribution in [0.1, 0.15) is 31.2 Å². The fraction of sp³-hybridized carbons (Fsp3) is 0.579. The van der Waals surface area contributed by atoms with E-state index in [1.807, 2.05) is 12.1 Å². The number of piperidine rings is 2. The van der Waals surface area contributed by atoms with Crippen LogP contribution in [0.2, 0.25) is 0 Å². The molecule has 6 heteroatoms. The van der Waals surface area contributed by atoms with Gasteiger partial charge in [0, 0.05) is 24.7 Å². The van der Waals surface area contributed by atoms with Crippen LogP contribution in [-0.2, 0) is 16.1 Å². The molecule has 1 aromatic carbocycles. The van der Waals surface area contributed by atoms with Crippen molar-refractivity contribution < 1.29 is 9.59 Å². The number of imide groups is 1. The molecule has 2 N–H and O–H groups in total. The molecule has 136 valence electrons. The molecule has 25 heavy (non-hydrogen) atoms. The van der Waals surface area contributed by atoms with E-state index in [2.05, 4.69) is 46.7 Å². The Morgan fingerprint density at radius 1 is 1.20 bits per heavy atom. The fourth-order valence-electron chi connectivity index (χ4n) is 3.64. The van der Waals surface area contributed by atoms with Gasteiger partial charge in [0.2, 0.25) is 11.8 Å². The number of hydrogen-bond donors (Lipinski definition) is 2. The largest absolute Gasteiger partial charge is 0.374 e. The van der Waals surface area contributed by atoms with Gasteiger partial charge in [-0.15, -0.1) is 0 Å². The molecule has 0 radical (unpaired) electrons. The van der Waals surface area contributed by atoms with E-state index in [-0.39, 0.29) is 17.9 Å². The average Bonchev–Trinajstić information content (AvgIpc) is 2.58. The predicted octanol–water partition coefficient (Wildman–Crippen LogP) is 1.43. The third kappa shape index (κ3) is 4.80. The van der Waals surface area contributed by atoms with Crippen LogP contribution in [0.25, 0.3) is 0 Å². The van der Waals surface area contributed by atoms with E-state index in [1.54, 1.807) is 0 Å². The fourth-order valence-corrected chi connectivity index (χ4v) is 3.64. The summed E-state index contributed by atoms with van der Waals surface area (Å²) in [6.07, 6.45) is 3.36. The van der Waals surface area contributed by atoms with Crippen LogP contribution in [0.5, 0.6) is 0 Å². The minimum absolute atomic E-state index is 0.182. The molecule has 2 fully saturated rings. The van der Waals surface area contributed by atoms with Crippen LogP contribution in [0.4, 0.5) is 5.69 Å². The molecule has 1 aromatic rings. The molecule has 1 atom stereocenters. The highest BCUT2D eigenvalue weighted by Gasteiger charge is 2.26. The zero-order valence-corrected chi connectivity index (χ0v) is 15.1. The maximum Gasteiger partial charge on any atom is 0.249 e. The number of hydrogen-bond acceptors (Lipinski definition) is 5. The second-order valence-corrected chi connectivity index (χ2v) is 7.32. The quantitative estimate of drug-likeness (QED) is 0.791. The number of carbonyl (C=O) groups excluding carboxylic acids is 2. The van der Waals surface area contributed by atoms with Gasteiger partial charge in [-0.3, -0.25) is 19.8 Å². The molecule has 0 saturated carbocycles. The third-order valence-corrected chi connectivity index (χ3v) is 5.20. The zero-order valence-electron chi connectivity index (χ0n) is 15.1. The first-order valence-electron chi connectivity index (χ1n) is 9.09. The SMILES string of the molecule is CN(C)C1CCN(Cc2cccc(NC3CCC(=O)NC3=O)c2)CC1. The molecule has 0 aliphatic carbocycles. The van der Waals surface area contributed by atoms with E-state index in [0.29, 0.717) is 18.9 Å². The minimum Gasteiger partial charge on any atom is -0.374 e. The van der Waals surface area contributed by atoms with E-state index in [0.717, 1.165) is 25.3 Å². The average molecular weight is 344 g/mol. The lowest BCUT2D eigenvalue weighted by atomic mass is 10.0. The monoisotopic (exact) mass is 344 g/mol. The van der Waals surface area contributed by atoms with Crippen molar-refractivity contribution in [1.82, 2.24) is 15.1 Å². The topological polar surface area (TPSA) is 64.7 Å². The van der Waals surface area contributed by atoms with Crippen molar-refractivity contribution in [3.05, 3.63) is 29.8 Å². The van der Waals surface area contributed by atoms with E-state index >= 15 is 0 Å². The first kappa shape index (κ1) is 17.9. The van der Waals surface area contributed by atoms with Gasteiger partial charge in [0.15, 0.2) is 0 Å². The summed E-state index contributed by atoms with van der Waals surface area (Å²) in [5.74, 6) is -0.412. The molecule has 2 aliphatic heterocycles. The molecule has 0 aromatic heterocycles. The summed E-state index contributed by atoms with van der Waals surface area (Å²) in [5.41, 5.74) is 2.19. The highest BCUT2D eigenvalue weighted by molar-refractivity contribution is 6.01. The maximum atomic E-state index is 11.9. The lowest BCUT2D eigenvalue weighted by Crippen LogP contribution is -2.47. The van der Waals surface area contributed by atoms with Crippen molar-refractivity contribution in [3.63, 3.8) is 0 Å². The number of amides is 2. The molecular weight excluding hydrogens is 316 g/mol. The number of anilines is 1. The molecule has 2 saturated heterocycles. The molecule has 0 spiro atoms. The molecule has 2 amide bonds. The molecule has 0 bridgehead atoms. The summed E-state index contributed by atoms with van der Waals surface area (Å²) in [5, 5.41) is 5.65. The van der Waals surface area contributed by atoms with E-state index in [1.165, 1.54) is 18.4 Å². The molecular formula is C19H28N4O2. The van der Waals surface area contributed by atoms with Gasteiger partial charge < -0.3 is 10.2 Å². The summed E-state index contributed by atoms with van der Waals surface area (Å²) < 4.78 is 0. The number of benzene rings is 1. The van der Waals surface area contributed by atoms with Gasteiger partial charge in [-0.25, -0.2) is 0 Å². The standard InChI is InChI=1S/C19H28N4O2/c1-22(2)16-8-10-23(11-9-16)13-14-4-3-5-15(12-14)20-17-6-7-18(24)21-19(17)25/h3-5,12,16-17,20H,6-11,13H2,1-2H3,(H,21,24,25).